The highest BCUT2D eigenvalue weighted by Gasteiger charge is 2.30. The van der Waals surface area contributed by atoms with E-state index in [2.05, 4.69) is 5.32 Å². The first-order valence-corrected chi connectivity index (χ1v) is 7.43. The van der Waals surface area contributed by atoms with Crippen molar-refractivity contribution in [3.8, 4) is 0 Å². The molecule has 3 nitrogen and oxygen atoms in total. The molecule has 0 aliphatic heterocycles. The SMILES string of the molecule is C/C=C(\C)C(=O)OCCNC(C)Cc1cccc(C(F)(F)F)c1. The summed E-state index contributed by atoms with van der Waals surface area (Å²) < 4.78 is 43.0. The predicted molar refractivity (Wildman–Crippen MR) is 83.0 cm³/mol. The summed E-state index contributed by atoms with van der Waals surface area (Å²) in [5, 5.41) is 3.12. The van der Waals surface area contributed by atoms with Crippen LogP contribution in [0.15, 0.2) is 35.9 Å². The van der Waals surface area contributed by atoms with Gasteiger partial charge in [0, 0.05) is 18.2 Å². The quantitative estimate of drug-likeness (QED) is 0.470. The van der Waals surface area contributed by atoms with Gasteiger partial charge < -0.3 is 10.1 Å². The Kier molecular flexibility index (Phi) is 7.29. The van der Waals surface area contributed by atoms with Crippen LogP contribution in [0.5, 0.6) is 0 Å². The molecule has 1 aromatic rings. The fourth-order valence-electron chi connectivity index (χ4n) is 1.98. The lowest BCUT2D eigenvalue weighted by atomic mass is 10.0. The lowest BCUT2D eigenvalue weighted by Crippen LogP contribution is -2.31. The number of ether oxygens (including phenoxy) is 1. The van der Waals surface area contributed by atoms with Crippen LogP contribution in [-0.2, 0) is 22.1 Å². The third-order valence-electron chi connectivity index (χ3n) is 3.38. The summed E-state index contributed by atoms with van der Waals surface area (Å²) in [6.07, 6.45) is -2.19. The van der Waals surface area contributed by atoms with E-state index < -0.39 is 11.7 Å². The van der Waals surface area contributed by atoms with Crippen molar-refractivity contribution < 1.29 is 22.7 Å². The molecule has 1 atom stereocenters. The number of hydrogen-bond acceptors (Lipinski definition) is 3. The maximum Gasteiger partial charge on any atom is 0.416 e. The minimum absolute atomic E-state index is 0.0278. The lowest BCUT2D eigenvalue weighted by Gasteiger charge is -2.15. The van der Waals surface area contributed by atoms with Crippen molar-refractivity contribution in [1.82, 2.24) is 5.32 Å². The summed E-state index contributed by atoms with van der Waals surface area (Å²) >= 11 is 0. The second-order valence-corrected chi connectivity index (χ2v) is 5.37. The molecule has 23 heavy (non-hydrogen) atoms. The number of alkyl halides is 3. The molecule has 0 saturated carbocycles. The van der Waals surface area contributed by atoms with Crippen molar-refractivity contribution in [2.75, 3.05) is 13.2 Å². The molecule has 1 aromatic carbocycles. The van der Waals surface area contributed by atoms with Gasteiger partial charge in [0.25, 0.3) is 0 Å². The molecule has 0 heterocycles. The van der Waals surface area contributed by atoms with Crippen LogP contribution in [0.2, 0.25) is 0 Å². The molecule has 1 rings (SSSR count). The molecule has 0 aliphatic rings. The minimum atomic E-state index is -4.33. The molecule has 0 saturated heterocycles. The van der Waals surface area contributed by atoms with E-state index in [4.69, 9.17) is 4.74 Å². The van der Waals surface area contributed by atoms with E-state index in [-0.39, 0.29) is 18.6 Å². The second-order valence-electron chi connectivity index (χ2n) is 5.37. The van der Waals surface area contributed by atoms with E-state index in [0.29, 0.717) is 24.1 Å². The molecule has 0 aromatic heterocycles. The van der Waals surface area contributed by atoms with Gasteiger partial charge in [0.2, 0.25) is 0 Å². The number of allylic oxidation sites excluding steroid dienone is 1. The van der Waals surface area contributed by atoms with Gasteiger partial charge >= 0.3 is 12.1 Å². The van der Waals surface area contributed by atoms with Crippen LogP contribution in [0.3, 0.4) is 0 Å². The number of nitrogens with one attached hydrogen (secondary N) is 1. The van der Waals surface area contributed by atoms with Gasteiger partial charge in [-0.2, -0.15) is 13.2 Å². The van der Waals surface area contributed by atoms with E-state index in [1.54, 1.807) is 26.0 Å². The van der Waals surface area contributed by atoms with Crippen LogP contribution < -0.4 is 5.32 Å². The first-order valence-electron chi connectivity index (χ1n) is 7.43. The maximum atomic E-state index is 12.7. The summed E-state index contributed by atoms with van der Waals surface area (Å²) in [6, 6.07) is 5.27. The van der Waals surface area contributed by atoms with Gasteiger partial charge in [0.15, 0.2) is 0 Å². The molecule has 6 heteroatoms. The number of benzene rings is 1. The number of rotatable bonds is 7. The largest absolute Gasteiger partial charge is 0.461 e. The normalized spacial score (nSPS) is 13.7. The Balaban J connectivity index is 2.40. The molecule has 0 aliphatic carbocycles. The molecule has 128 valence electrons. The fourth-order valence-corrected chi connectivity index (χ4v) is 1.98. The molecular weight excluding hydrogens is 307 g/mol. The average molecular weight is 329 g/mol. The predicted octanol–water partition coefficient (Wildman–Crippen LogP) is 3.74. The zero-order valence-corrected chi connectivity index (χ0v) is 13.5. The van der Waals surface area contributed by atoms with Crippen LogP contribution in [-0.4, -0.2) is 25.2 Å². The topological polar surface area (TPSA) is 38.3 Å². The highest BCUT2D eigenvalue weighted by atomic mass is 19.4. The van der Waals surface area contributed by atoms with E-state index in [1.165, 1.54) is 6.07 Å². The van der Waals surface area contributed by atoms with Crippen molar-refractivity contribution in [2.24, 2.45) is 0 Å². The van der Waals surface area contributed by atoms with Crippen LogP contribution in [0.1, 0.15) is 31.9 Å². The van der Waals surface area contributed by atoms with Gasteiger partial charge in [-0.05, 0) is 38.8 Å². The van der Waals surface area contributed by atoms with Crippen molar-refractivity contribution in [2.45, 2.75) is 39.4 Å². The Bertz CT molecular complexity index is 553. The smallest absolute Gasteiger partial charge is 0.416 e. The molecular formula is C17H22F3NO2. The zero-order valence-electron chi connectivity index (χ0n) is 13.5. The summed E-state index contributed by atoms with van der Waals surface area (Å²) in [7, 11) is 0. The molecule has 0 radical (unpaired) electrons. The van der Waals surface area contributed by atoms with Gasteiger partial charge in [-0.1, -0.05) is 24.3 Å². The lowest BCUT2D eigenvalue weighted by molar-refractivity contribution is -0.139. The first-order chi connectivity index (χ1) is 10.7. The molecule has 0 bridgehead atoms. The Morgan fingerprint density at radius 1 is 1.39 bits per heavy atom. The minimum Gasteiger partial charge on any atom is -0.461 e. The third-order valence-corrected chi connectivity index (χ3v) is 3.38. The van der Waals surface area contributed by atoms with E-state index >= 15 is 0 Å². The Labute approximate surface area is 134 Å². The summed E-state index contributed by atoms with van der Waals surface area (Å²) in [5.74, 6) is -0.361. The van der Waals surface area contributed by atoms with Crippen molar-refractivity contribution in [3.05, 3.63) is 47.0 Å². The summed E-state index contributed by atoms with van der Waals surface area (Å²) in [6.45, 7) is 5.97. The molecule has 0 spiro atoms. The standard InChI is InChI=1S/C17H22F3NO2/c1-4-12(2)16(22)23-9-8-21-13(3)10-14-6-5-7-15(11-14)17(18,19)20/h4-7,11,13,21H,8-10H2,1-3H3/b12-4+. The Hall–Kier alpha value is -1.82. The van der Waals surface area contributed by atoms with Crippen LogP contribution in [0.4, 0.5) is 13.2 Å². The van der Waals surface area contributed by atoms with Crippen molar-refractivity contribution in [3.63, 3.8) is 0 Å². The highest BCUT2D eigenvalue weighted by Crippen LogP contribution is 2.29. The maximum absolute atomic E-state index is 12.7. The number of halogens is 3. The Morgan fingerprint density at radius 3 is 2.70 bits per heavy atom. The number of carbonyl (C=O) groups is 1. The van der Waals surface area contributed by atoms with E-state index in [0.717, 1.165) is 12.1 Å². The van der Waals surface area contributed by atoms with Gasteiger partial charge in [0.05, 0.1) is 5.56 Å². The summed E-state index contributed by atoms with van der Waals surface area (Å²) in [4.78, 5) is 11.4. The van der Waals surface area contributed by atoms with Crippen molar-refractivity contribution >= 4 is 5.97 Å². The van der Waals surface area contributed by atoms with Gasteiger partial charge in [-0.25, -0.2) is 4.79 Å². The monoisotopic (exact) mass is 329 g/mol. The van der Waals surface area contributed by atoms with Gasteiger partial charge in [-0.15, -0.1) is 0 Å². The van der Waals surface area contributed by atoms with Gasteiger partial charge in [-0.3, -0.25) is 0 Å². The van der Waals surface area contributed by atoms with Crippen molar-refractivity contribution in [1.29, 1.82) is 0 Å². The van der Waals surface area contributed by atoms with Crippen LogP contribution in [0.25, 0.3) is 0 Å². The number of hydrogen-bond donors (Lipinski definition) is 1. The number of esters is 1. The molecule has 0 amide bonds. The van der Waals surface area contributed by atoms with Crippen LogP contribution in [0, 0.1) is 0 Å². The fraction of sp³-hybridized carbons (Fsp3) is 0.471. The first kappa shape index (κ1) is 19.2. The zero-order chi connectivity index (χ0) is 17.5. The molecule has 1 N–H and O–H groups in total. The summed E-state index contributed by atoms with van der Waals surface area (Å²) in [5.41, 5.74) is 0.515. The van der Waals surface area contributed by atoms with E-state index in [1.807, 2.05) is 6.92 Å². The highest BCUT2D eigenvalue weighted by molar-refractivity contribution is 5.87. The number of carbonyl (C=O) groups excluding carboxylic acids is 1. The van der Waals surface area contributed by atoms with E-state index in [9.17, 15) is 18.0 Å². The molecule has 0 fully saturated rings. The van der Waals surface area contributed by atoms with Crippen LogP contribution >= 0.6 is 0 Å². The second kappa shape index (κ2) is 8.72. The average Bonchev–Trinajstić information content (AvgIpc) is 2.50. The Morgan fingerprint density at radius 2 is 2.09 bits per heavy atom. The van der Waals surface area contributed by atoms with Gasteiger partial charge in [0.1, 0.15) is 6.61 Å². The third kappa shape index (κ3) is 6.86. The molecule has 1 unspecified atom stereocenters.